The second-order valence-electron chi connectivity index (χ2n) is 10.1. The van der Waals surface area contributed by atoms with Crippen LogP contribution in [0.3, 0.4) is 0 Å². The fraction of sp³-hybridized carbons (Fsp3) is 0.367. The number of amides is 2. The Bertz CT molecular complexity index is 1430. The maximum Gasteiger partial charge on any atom is 0.408 e. The van der Waals surface area contributed by atoms with Crippen LogP contribution in [-0.4, -0.2) is 52.2 Å². The molecule has 2 atom stereocenters. The van der Waals surface area contributed by atoms with E-state index in [0.29, 0.717) is 17.1 Å². The van der Waals surface area contributed by atoms with Gasteiger partial charge in [-0.2, -0.15) is 5.26 Å². The monoisotopic (exact) mass is 597 g/mol. The number of carboxylic acid groups (broad SMARTS) is 1. The number of carboxylic acids is 1. The van der Waals surface area contributed by atoms with Crippen molar-refractivity contribution in [2.45, 2.75) is 59.4 Å². The van der Waals surface area contributed by atoms with Crippen molar-refractivity contribution in [1.82, 2.24) is 20.5 Å². The van der Waals surface area contributed by atoms with E-state index in [1.54, 1.807) is 44.9 Å². The summed E-state index contributed by atoms with van der Waals surface area (Å²) >= 11 is 1.33. The molecule has 0 aliphatic carbocycles. The molecular formula is C30H36FN5O5S. The highest BCUT2D eigenvalue weighted by atomic mass is 32.1. The van der Waals surface area contributed by atoms with E-state index in [9.17, 15) is 18.8 Å². The van der Waals surface area contributed by atoms with Gasteiger partial charge in [-0.25, -0.2) is 19.0 Å². The number of aromatic nitrogens is 1. The zero-order chi connectivity index (χ0) is 31.4. The molecule has 224 valence electrons. The van der Waals surface area contributed by atoms with Crippen LogP contribution in [0.1, 0.15) is 51.2 Å². The summed E-state index contributed by atoms with van der Waals surface area (Å²) in [7, 11) is 1.73. The molecule has 3 N–H and O–H groups in total. The van der Waals surface area contributed by atoms with E-state index in [4.69, 9.17) is 15.1 Å². The SMILES string of the molecule is CC(C)OC(=O)N[C@H](C(=O)N[C@H](C)c1nc2ccc(F)cc2s1)C(C)C.CN(/C=C(\C#N)C(=O)O)Cc1ccccc1. The molecule has 10 nitrogen and oxygen atoms in total. The molecule has 2 aromatic carbocycles. The average Bonchev–Trinajstić information content (AvgIpc) is 3.34. The van der Waals surface area contributed by atoms with Crippen molar-refractivity contribution in [2.75, 3.05) is 7.05 Å². The number of halogens is 1. The number of nitriles is 1. The molecule has 0 bridgehead atoms. The predicted molar refractivity (Wildman–Crippen MR) is 159 cm³/mol. The van der Waals surface area contributed by atoms with Gasteiger partial charge >= 0.3 is 12.1 Å². The molecule has 2 amide bonds. The van der Waals surface area contributed by atoms with Gasteiger partial charge in [-0.3, -0.25) is 4.79 Å². The van der Waals surface area contributed by atoms with Crippen LogP contribution in [0.4, 0.5) is 9.18 Å². The highest BCUT2D eigenvalue weighted by molar-refractivity contribution is 7.18. The molecule has 1 aromatic heterocycles. The third-order valence-corrected chi connectivity index (χ3v) is 6.84. The first kappa shape index (κ1) is 33.7. The number of hydrogen-bond acceptors (Lipinski definition) is 8. The fourth-order valence-electron chi connectivity index (χ4n) is 3.65. The molecule has 0 unspecified atom stereocenters. The van der Waals surface area contributed by atoms with Gasteiger partial charge in [0.25, 0.3) is 0 Å². The summed E-state index contributed by atoms with van der Waals surface area (Å²) in [6, 6.07) is 14.6. The number of aliphatic carboxylic acids is 1. The lowest BCUT2D eigenvalue weighted by molar-refractivity contribution is -0.132. The Morgan fingerprint density at radius 1 is 1.12 bits per heavy atom. The van der Waals surface area contributed by atoms with Gasteiger partial charge in [0.15, 0.2) is 5.57 Å². The molecule has 1 heterocycles. The van der Waals surface area contributed by atoms with Crippen LogP contribution in [0.2, 0.25) is 0 Å². The van der Waals surface area contributed by atoms with E-state index in [-0.39, 0.29) is 35.4 Å². The molecule has 0 saturated heterocycles. The molecule has 12 heteroatoms. The first-order valence-electron chi connectivity index (χ1n) is 13.2. The lowest BCUT2D eigenvalue weighted by atomic mass is 10.0. The Labute approximate surface area is 248 Å². The van der Waals surface area contributed by atoms with Gasteiger partial charge in [0.2, 0.25) is 5.91 Å². The standard InChI is InChI=1S/C18H24FN3O3S.C12H12N2O2/c1-9(2)15(22-18(24)25-10(3)4)16(23)20-11(5)17-21-13-7-6-12(19)8-14(13)26-17;1-14(9-11(7-13)12(15)16)8-10-5-3-2-4-6-10/h6-11,15H,1-5H3,(H,20,23)(H,22,24);2-6,9H,8H2,1H3,(H,15,16)/b;11-9+/t11-,15+;/m1./s1. The highest BCUT2D eigenvalue weighted by Gasteiger charge is 2.27. The Hall–Kier alpha value is -4.50. The van der Waals surface area contributed by atoms with Gasteiger partial charge in [0, 0.05) is 19.8 Å². The summed E-state index contributed by atoms with van der Waals surface area (Å²) in [6.07, 6.45) is 0.430. The fourth-order valence-corrected chi connectivity index (χ4v) is 4.64. The zero-order valence-corrected chi connectivity index (χ0v) is 25.2. The van der Waals surface area contributed by atoms with Crippen molar-refractivity contribution in [3.8, 4) is 6.07 Å². The van der Waals surface area contributed by atoms with Crippen molar-refractivity contribution in [2.24, 2.45) is 5.92 Å². The minimum Gasteiger partial charge on any atom is -0.477 e. The minimum absolute atomic E-state index is 0.119. The lowest BCUT2D eigenvalue weighted by Gasteiger charge is -2.23. The second-order valence-corrected chi connectivity index (χ2v) is 11.1. The number of alkyl carbamates (subject to hydrolysis) is 1. The third-order valence-electron chi connectivity index (χ3n) is 5.64. The first-order valence-corrected chi connectivity index (χ1v) is 14.0. The second kappa shape index (κ2) is 16.1. The van der Waals surface area contributed by atoms with Gasteiger partial charge in [-0.1, -0.05) is 44.2 Å². The van der Waals surface area contributed by atoms with E-state index in [1.165, 1.54) is 29.7 Å². The molecule has 0 aliphatic heterocycles. The maximum atomic E-state index is 13.3. The van der Waals surface area contributed by atoms with Crippen molar-refractivity contribution >= 4 is 39.5 Å². The molecule has 0 spiro atoms. The van der Waals surface area contributed by atoms with Crippen LogP contribution in [0.5, 0.6) is 0 Å². The number of rotatable bonds is 10. The number of carbonyl (C=O) groups is 3. The van der Waals surface area contributed by atoms with Crippen LogP contribution in [0.25, 0.3) is 10.2 Å². The third kappa shape index (κ3) is 10.8. The summed E-state index contributed by atoms with van der Waals surface area (Å²) in [4.78, 5) is 41.1. The molecule has 0 radical (unpaired) electrons. The summed E-state index contributed by atoms with van der Waals surface area (Å²) < 4.78 is 19.1. The quantitative estimate of drug-likeness (QED) is 0.209. The van der Waals surface area contributed by atoms with E-state index in [0.717, 1.165) is 10.3 Å². The summed E-state index contributed by atoms with van der Waals surface area (Å²) in [5.74, 6) is -1.97. The van der Waals surface area contributed by atoms with E-state index >= 15 is 0 Å². The van der Waals surface area contributed by atoms with E-state index < -0.39 is 18.1 Å². The Morgan fingerprint density at radius 3 is 2.36 bits per heavy atom. The Balaban J connectivity index is 0.000000330. The Morgan fingerprint density at radius 2 is 1.79 bits per heavy atom. The van der Waals surface area contributed by atoms with Crippen LogP contribution < -0.4 is 10.6 Å². The number of hydrogen-bond donors (Lipinski definition) is 3. The summed E-state index contributed by atoms with van der Waals surface area (Å²) in [5.41, 5.74) is 1.48. The number of benzene rings is 2. The highest BCUT2D eigenvalue weighted by Crippen LogP contribution is 2.27. The molecule has 0 saturated carbocycles. The van der Waals surface area contributed by atoms with Crippen molar-refractivity contribution < 1.29 is 28.6 Å². The van der Waals surface area contributed by atoms with Crippen molar-refractivity contribution in [1.29, 1.82) is 5.26 Å². The van der Waals surface area contributed by atoms with Gasteiger partial charge in [0.1, 0.15) is 22.9 Å². The summed E-state index contributed by atoms with van der Waals surface area (Å²) in [5, 5.41) is 23.4. The van der Waals surface area contributed by atoms with Crippen LogP contribution in [0, 0.1) is 23.1 Å². The zero-order valence-electron chi connectivity index (χ0n) is 24.4. The number of nitrogens with one attached hydrogen (secondary N) is 2. The first-order chi connectivity index (χ1) is 19.8. The largest absolute Gasteiger partial charge is 0.477 e. The number of fused-ring (bicyclic) bond motifs is 1. The smallest absolute Gasteiger partial charge is 0.408 e. The number of carbonyl (C=O) groups excluding carboxylic acids is 2. The predicted octanol–water partition coefficient (Wildman–Crippen LogP) is 5.38. The molecule has 0 aliphatic rings. The molecule has 3 rings (SSSR count). The minimum atomic E-state index is -1.21. The number of thiazole rings is 1. The van der Waals surface area contributed by atoms with Crippen molar-refractivity contribution in [3.05, 3.63) is 76.7 Å². The average molecular weight is 598 g/mol. The molecule has 3 aromatic rings. The molecular weight excluding hydrogens is 561 g/mol. The number of nitrogens with zero attached hydrogens (tertiary/aromatic N) is 3. The van der Waals surface area contributed by atoms with Crippen LogP contribution >= 0.6 is 11.3 Å². The molecule has 42 heavy (non-hydrogen) atoms. The topological polar surface area (TPSA) is 145 Å². The van der Waals surface area contributed by atoms with Crippen LogP contribution in [-0.2, 0) is 20.9 Å². The number of ether oxygens (including phenoxy) is 1. The van der Waals surface area contributed by atoms with Gasteiger partial charge < -0.3 is 25.4 Å². The van der Waals surface area contributed by atoms with E-state index in [2.05, 4.69) is 15.6 Å². The van der Waals surface area contributed by atoms with Gasteiger partial charge in [-0.05, 0) is 50.5 Å². The van der Waals surface area contributed by atoms with E-state index in [1.807, 2.05) is 44.2 Å². The van der Waals surface area contributed by atoms with Crippen molar-refractivity contribution in [3.63, 3.8) is 0 Å². The normalized spacial score (nSPS) is 12.5. The lowest BCUT2D eigenvalue weighted by Crippen LogP contribution is -2.50. The maximum absolute atomic E-state index is 13.3. The van der Waals surface area contributed by atoms with Gasteiger partial charge in [0.05, 0.1) is 22.4 Å². The van der Waals surface area contributed by atoms with Gasteiger partial charge in [-0.15, -0.1) is 11.3 Å². The molecule has 0 fully saturated rings. The Kier molecular flexibility index (Phi) is 12.9. The van der Waals surface area contributed by atoms with Crippen LogP contribution in [0.15, 0.2) is 60.3 Å². The summed E-state index contributed by atoms with van der Waals surface area (Å²) in [6.45, 7) is 9.52.